The minimum Gasteiger partial charge on any atom is -0.393 e. The number of benzene rings is 1. The number of hydrogen-bond acceptors (Lipinski definition) is 5. The topological polar surface area (TPSA) is 101 Å². The third-order valence-electron chi connectivity index (χ3n) is 3.61. The second-order valence-electron chi connectivity index (χ2n) is 5.02. The van der Waals surface area contributed by atoms with E-state index in [1.807, 2.05) is 0 Å². The second-order valence-corrected chi connectivity index (χ2v) is 7.34. The van der Waals surface area contributed by atoms with E-state index in [9.17, 15) is 23.6 Å². The van der Waals surface area contributed by atoms with Crippen LogP contribution in [0, 0.1) is 16.0 Å². The van der Waals surface area contributed by atoms with Crippen molar-refractivity contribution in [3.8, 4) is 0 Å². The first kappa shape index (κ1) is 16.2. The molecule has 1 fully saturated rings. The average molecular weight is 335 g/mol. The highest BCUT2D eigenvalue weighted by Crippen LogP contribution is 2.32. The molecule has 1 heterocycles. The van der Waals surface area contributed by atoms with E-state index in [0.717, 1.165) is 12.1 Å². The fraction of sp³-hybridized carbons (Fsp3) is 0.500. The minimum absolute atomic E-state index is 0.0545. The lowest BCUT2D eigenvalue weighted by molar-refractivity contribution is -0.385. The van der Waals surface area contributed by atoms with E-state index in [2.05, 4.69) is 0 Å². The number of sulfonamides is 1. The maximum Gasteiger partial charge on any atom is 0.270 e. The van der Waals surface area contributed by atoms with Gasteiger partial charge in [-0.05, 0) is 25.3 Å². The Hall–Kier alpha value is -1.22. The molecule has 0 aromatic heterocycles. The van der Waals surface area contributed by atoms with Gasteiger partial charge in [0.1, 0.15) is 4.90 Å². The number of aliphatic hydroxyl groups excluding tert-OH is 1. The summed E-state index contributed by atoms with van der Waals surface area (Å²) in [6, 6.07) is 3.33. The highest BCUT2D eigenvalue weighted by molar-refractivity contribution is 7.89. The Balaban J connectivity index is 2.36. The number of aliphatic hydroxyl groups is 1. The molecule has 1 N–H and O–H groups in total. The van der Waals surface area contributed by atoms with Gasteiger partial charge in [-0.3, -0.25) is 10.1 Å². The molecule has 2 atom stereocenters. The van der Waals surface area contributed by atoms with Crippen molar-refractivity contribution in [2.75, 3.05) is 13.1 Å². The smallest absolute Gasteiger partial charge is 0.270 e. The van der Waals surface area contributed by atoms with Crippen LogP contribution < -0.4 is 0 Å². The molecule has 1 aromatic carbocycles. The largest absolute Gasteiger partial charge is 0.393 e. The molecular formula is C12H15ClN2O5S. The van der Waals surface area contributed by atoms with E-state index >= 15 is 0 Å². The van der Waals surface area contributed by atoms with E-state index in [4.69, 9.17) is 11.6 Å². The first-order valence-corrected chi connectivity index (χ1v) is 8.17. The van der Waals surface area contributed by atoms with E-state index in [1.165, 1.54) is 10.4 Å². The van der Waals surface area contributed by atoms with Crippen LogP contribution in [0.3, 0.4) is 0 Å². The minimum atomic E-state index is -3.91. The summed E-state index contributed by atoms with van der Waals surface area (Å²) in [5, 5.41) is 20.3. The molecule has 116 valence electrons. The zero-order valence-electron chi connectivity index (χ0n) is 11.3. The van der Waals surface area contributed by atoms with Crippen LogP contribution in [0.15, 0.2) is 23.1 Å². The van der Waals surface area contributed by atoms with Crippen molar-refractivity contribution in [2.45, 2.75) is 24.3 Å². The van der Waals surface area contributed by atoms with Crippen molar-refractivity contribution in [3.63, 3.8) is 0 Å². The maximum atomic E-state index is 12.5. The highest BCUT2D eigenvalue weighted by atomic mass is 35.5. The molecule has 21 heavy (non-hydrogen) atoms. The number of hydrogen-bond donors (Lipinski definition) is 1. The molecule has 0 aliphatic carbocycles. The number of rotatable bonds is 4. The average Bonchev–Trinajstić information content (AvgIpc) is 2.89. The summed E-state index contributed by atoms with van der Waals surface area (Å²) in [6.07, 6.45) is -0.0607. The summed E-state index contributed by atoms with van der Waals surface area (Å²) in [4.78, 5) is 9.83. The van der Waals surface area contributed by atoms with Crippen LogP contribution in [0.4, 0.5) is 5.69 Å². The van der Waals surface area contributed by atoms with E-state index in [-0.39, 0.29) is 34.6 Å². The Morgan fingerprint density at radius 1 is 1.52 bits per heavy atom. The molecule has 0 bridgehead atoms. The SMILES string of the molecule is CC(O)C1CCN(S(=O)(=O)c2cc([N+](=O)[O-])ccc2Cl)C1. The predicted molar refractivity (Wildman–Crippen MR) is 76.7 cm³/mol. The third-order valence-corrected chi connectivity index (χ3v) is 5.96. The molecule has 1 aliphatic rings. The first-order chi connectivity index (χ1) is 9.73. The van der Waals surface area contributed by atoms with Crippen molar-refractivity contribution in [2.24, 2.45) is 5.92 Å². The van der Waals surface area contributed by atoms with Gasteiger partial charge < -0.3 is 5.11 Å². The first-order valence-electron chi connectivity index (χ1n) is 6.35. The zero-order chi connectivity index (χ0) is 15.8. The Labute approximate surface area is 127 Å². The van der Waals surface area contributed by atoms with Crippen LogP contribution in [-0.4, -0.2) is 41.9 Å². The molecule has 1 saturated heterocycles. The van der Waals surface area contributed by atoms with Crippen molar-refractivity contribution in [3.05, 3.63) is 33.3 Å². The molecule has 0 spiro atoms. The lowest BCUT2D eigenvalue weighted by atomic mass is 10.0. The van der Waals surface area contributed by atoms with Crippen LogP contribution in [-0.2, 0) is 10.0 Å². The molecule has 1 aromatic rings. The van der Waals surface area contributed by atoms with E-state index in [0.29, 0.717) is 6.42 Å². The Bertz CT molecular complexity index is 662. The van der Waals surface area contributed by atoms with Crippen molar-refractivity contribution in [1.29, 1.82) is 0 Å². The molecule has 0 radical (unpaired) electrons. The van der Waals surface area contributed by atoms with Crippen LogP contribution in [0.5, 0.6) is 0 Å². The van der Waals surface area contributed by atoms with Gasteiger partial charge in [0.15, 0.2) is 0 Å². The molecule has 7 nitrogen and oxygen atoms in total. The van der Waals surface area contributed by atoms with Crippen molar-refractivity contribution in [1.82, 2.24) is 4.31 Å². The van der Waals surface area contributed by atoms with Crippen molar-refractivity contribution >= 4 is 27.3 Å². The Morgan fingerprint density at radius 2 is 2.19 bits per heavy atom. The van der Waals surface area contributed by atoms with Crippen LogP contribution in [0.2, 0.25) is 5.02 Å². The lowest BCUT2D eigenvalue weighted by Gasteiger charge is -2.18. The summed E-state index contributed by atoms with van der Waals surface area (Å²) in [6.45, 7) is 2.05. The molecule has 0 saturated carbocycles. The summed E-state index contributed by atoms with van der Waals surface area (Å²) in [7, 11) is -3.91. The molecule has 2 rings (SSSR count). The van der Waals surface area contributed by atoms with Gasteiger partial charge >= 0.3 is 0 Å². The summed E-state index contributed by atoms with van der Waals surface area (Å²) < 4.78 is 26.3. The fourth-order valence-corrected chi connectivity index (χ4v) is 4.31. The maximum absolute atomic E-state index is 12.5. The standard InChI is InChI=1S/C12H15ClN2O5S/c1-8(16)9-4-5-14(7-9)21(19,20)12-6-10(15(17)18)2-3-11(12)13/h2-3,6,8-9,16H,4-5,7H2,1H3. The van der Waals surface area contributed by atoms with Crippen molar-refractivity contribution < 1.29 is 18.4 Å². The molecular weight excluding hydrogens is 320 g/mol. The zero-order valence-corrected chi connectivity index (χ0v) is 12.8. The van der Waals surface area contributed by atoms with Gasteiger partial charge in [-0.2, -0.15) is 4.31 Å². The van der Waals surface area contributed by atoms with E-state index < -0.39 is 21.1 Å². The van der Waals surface area contributed by atoms with Crippen LogP contribution in [0.25, 0.3) is 0 Å². The Kier molecular flexibility index (Phi) is 4.52. The molecule has 9 heteroatoms. The molecule has 1 aliphatic heterocycles. The quantitative estimate of drug-likeness (QED) is 0.666. The number of nitro benzene ring substituents is 1. The predicted octanol–water partition coefficient (Wildman–Crippen LogP) is 1.64. The summed E-state index contributed by atoms with van der Waals surface area (Å²) in [5.41, 5.74) is -0.329. The number of nitro groups is 1. The van der Waals surface area contributed by atoms with Crippen LogP contribution in [0.1, 0.15) is 13.3 Å². The van der Waals surface area contributed by atoms with Gasteiger partial charge in [-0.1, -0.05) is 11.6 Å². The monoisotopic (exact) mass is 334 g/mol. The normalized spacial score (nSPS) is 21.4. The molecule has 0 amide bonds. The summed E-state index contributed by atoms with van der Waals surface area (Å²) in [5.74, 6) is -0.141. The van der Waals surface area contributed by atoms with Gasteiger partial charge in [-0.15, -0.1) is 0 Å². The number of halogens is 1. The van der Waals surface area contributed by atoms with Gasteiger partial charge in [0.05, 0.1) is 16.0 Å². The second kappa shape index (κ2) is 5.88. The molecule has 2 unspecified atom stereocenters. The summed E-state index contributed by atoms with van der Waals surface area (Å²) >= 11 is 5.88. The lowest BCUT2D eigenvalue weighted by Crippen LogP contribution is -2.30. The van der Waals surface area contributed by atoms with Gasteiger partial charge in [0.25, 0.3) is 5.69 Å². The van der Waals surface area contributed by atoms with Gasteiger partial charge in [0, 0.05) is 25.2 Å². The number of non-ortho nitro benzene ring substituents is 1. The van der Waals surface area contributed by atoms with Crippen LogP contribution >= 0.6 is 11.6 Å². The highest BCUT2D eigenvalue weighted by Gasteiger charge is 2.36. The Morgan fingerprint density at radius 3 is 2.71 bits per heavy atom. The van der Waals surface area contributed by atoms with E-state index in [1.54, 1.807) is 6.92 Å². The fourth-order valence-electron chi connectivity index (χ4n) is 2.31. The number of nitrogens with zero attached hydrogens (tertiary/aromatic N) is 2. The third kappa shape index (κ3) is 3.18. The van der Waals surface area contributed by atoms with Gasteiger partial charge in [0.2, 0.25) is 10.0 Å². The van der Waals surface area contributed by atoms with Gasteiger partial charge in [-0.25, -0.2) is 8.42 Å².